The highest BCUT2D eigenvalue weighted by molar-refractivity contribution is 8.18. The number of aliphatic imine (C=N–C) groups is 1. The van der Waals surface area contributed by atoms with E-state index < -0.39 is 0 Å². The standard InChI is InChI=1S/C15H13ClN4OS/c1-19-7-3-4-10(19)8-13-14(21)20(2)15(22-13)18-12-5-6-17-9-11(12)16/h3-9H,1-2H3/b13-8+,18-15?. The Hall–Kier alpha value is -2.05. The van der Waals surface area contributed by atoms with Crippen molar-refractivity contribution in [2.45, 2.75) is 0 Å². The van der Waals surface area contributed by atoms with E-state index in [1.165, 1.54) is 22.9 Å². The number of carbonyl (C=O) groups is 1. The summed E-state index contributed by atoms with van der Waals surface area (Å²) in [5.41, 5.74) is 1.56. The number of aryl methyl sites for hydroxylation is 1. The number of hydrogen-bond acceptors (Lipinski definition) is 4. The minimum atomic E-state index is -0.0740. The van der Waals surface area contributed by atoms with Gasteiger partial charge < -0.3 is 4.57 Å². The lowest BCUT2D eigenvalue weighted by molar-refractivity contribution is -0.121. The lowest BCUT2D eigenvalue weighted by Crippen LogP contribution is -2.23. The third-order valence-corrected chi connectivity index (χ3v) is 4.58. The molecule has 1 aliphatic rings. The second kappa shape index (κ2) is 5.98. The van der Waals surface area contributed by atoms with Gasteiger partial charge in [-0.1, -0.05) is 11.6 Å². The average Bonchev–Trinajstić information content (AvgIpc) is 3.01. The van der Waals surface area contributed by atoms with Gasteiger partial charge in [0.25, 0.3) is 5.91 Å². The molecule has 3 rings (SSSR count). The summed E-state index contributed by atoms with van der Waals surface area (Å²) >= 11 is 7.39. The number of rotatable bonds is 2. The smallest absolute Gasteiger partial charge is 0.266 e. The van der Waals surface area contributed by atoms with Crippen molar-refractivity contribution < 1.29 is 4.79 Å². The van der Waals surface area contributed by atoms with Crippen molar-refractivity contribution in [1.82, 2.24) is 14.5 Å². The molecule has 0 spiro atoms. The first-order valence-electron chi connectivity index (χ1n) is 6.53. The molecule has 0 aromatic carbocycles. The van der Waals surface area contributed by atoms with Crippen molar-refractivity contribution in [3.8, 4) is 0 Å². The van der Waals surface area contributed by atoms with Crippen molar-refractivity contribution in [1.29, 1.82) is 0 Å². The van der Waals surface area contributed by atoms with E-state index in [1.54, 1.807) is 19.3 Å². The Bertz CT molecular complexity index is 796. The number of hydrogen-bond donors (Lipinski definition) is 0. The van der Waals surface area contributed by atoms with Crippen LogP contribution in [0.3, 0.4) is 0 Å². The van der Waals surface area contributed by atoms with E-state index in [9.17, 15) is 4.79 Å². The lowest BCUT2D eigenvalue weighted by Gasteiger charge is -2.07. The monoisotopic (exact) mass is 332 g/mol. The zero-order valence-electron chi connectivity index (χ0n) is 12.0. The van der Waals surface area contributed by atoms with Crippen LogP contribution < -0.4 is 0 Å². The first-order chi connectivity index (χ1) is 10.6. The Balaban J connectivity index is 1.94. The summed E-state index contributed by atoms with van der Waals surface area (Å²) < 4.78 is 1.95. The van der Waals surface area contributed by atoms with Crippen LogP contribution in [-0.4, -0.2) is 32.6 Å². The molecule has 0 radical (unpaired) electrons. The third-order valence-electron chi connectivity index (χ3n) is 3.23. The van der Waals surface area contributed by atoms with Crippen LogP contribution in [0.5, 0.6) is 0 Å². The molecule has 3 heterocycles. The molecule has 7 heteroatoms. The number of thioether (sulfide) groups is 1. The van der Waals surface area contributed by atoms with Crippen molar-refractivity contribution in [2.75, 3.05) is 7.05 Å². The number of aromatic nitrogens is 2. The minimum absolute atomic E-state index is 0.0740. The maximum absolute atomic E-state index is 12.3. The summed E-state index contributed by atoms with van der Waals surface area (Å²) in [7, 11) is 3.64. The van der Waals surface area contributed by atoms with E-state index >= 15 is 0 Å². The molecule has 5 nitrogen and oxygen atoms in total. The molecular weight excluding hydrogens is 320 g/mol. The minimum Gasteiger partial charge on any atom is -0.351 e. The lowest BCUT2D eigenvalue weighted by atomic mass is 10.3. The van der Waals surface area contributed by atoms with Crippen LogP contribution in [-0.2, 0) is 11.8 Å². The zero-order valence-corrected chi connectivity index (χ0v) is 13.6. The molecule has 0 saturated carbocycles. The van der Waals surface area contributed by atoms with Gasteiger partial charge in [-0.15, -0.1) is 0 Å². The van der Waals surface area contributed by atoms with Crippen LogP contribution in [0, 0.1) is 0 Å². The fourth-order valence-corrected chi connectivity index (χ4v) is 3.10. The van der Waals surface area contributed by atoms with E-state index in [4.69, 9.17) is 11.6 Å². The maximum atomic E-state index is 12.3. The Kier molecular flexibility index (Phi) is 4.04. The van der Waals surface area contributed by atoms with Gasteiger partial charge in [-0.2, -0.15) is 0 Å². The van der Waals surface area contributed by atoms with E-state index in [1.807, 2.05) is 36.0 Å². The molecule has 0 N–H and O–H groups in total. The van der Waals surface area contributed by atoms with E-state index in [0.29, 0.717) is 20.8 Å². The van der Waals surface area contributed by atoms with Crippen LogP contribution in [0.25, 0.3) is 6.08 Å². The fraction of sp³-hybridized carbons (Fsp3) is 0.133. The van der Waals surface area contributed by atoms with Gasteiger partial charge in [-0.3, -0.25) is 14.7 Å². The van der Waals surface area contributed by atoms with Gasteiger partial charge in [-0.05, 0) is 36.0 Å². The molecule has 2 aromatic heterocycles. The Morgan fingerprint density at radius 1 is 1.36 bits per heavy atom. The second-order valence-electron chi connectivity index (χ2n) is 4.74. The van der Waals surface area contributed by atoms with Crippen LogP contribution in [0.15, 0.2) is 46.7 Å². The van der Waals surface area contributed by atoms with E-state index in [2.05, 4.69) is 9.98 Å². The zero-order chi connectivity index (χ0) is 15.7. The van der Waals surface area contributed by atoms with E-state index in [-0.39, 0.29) is 5.91 Å². The second-order valence-corrected chi connectivity index (χ2v) is 6.16. The van der Waals surface area contributed by atoms with Crippen molar-refractivity contribution in [2.24, 2.45) is 12.0 Å². The van der Waals surface area contributed by atoms with Gasteiger partial charge in [-0.25, -0.2) is 4.99 Å². The highest BCUT2D eigenvalue weighted by atomic mass is 35.5. The fourth-order valence-electron chi connectivity index (χ4n) is 1.97. The van der Waals surface area contributed by atoms with Gasteiger partial charge in [0.1, 0.15) is 0 Å². The molecular formula is C15H13ClN4OS. The van der Waals surface area contributed by atoms with Gasteiger partial charge in [0.2, 0.25) is 0 Å². The summed E-state index contributed by atoms with van der Waals surface area (Å²) in [6.45, 7) is 0. The predicted molar refractivity (Wildman–Crippen MR) is 90.1 cm³/mol. The van der Waals surface area contributed by atoms with Crippen molar-refractivity contribution in [3.05, 3.63) is 52.4 Å². The molecule has 2 aromatic rings. The van der Waals surface area contributed by atoms with Crippen LogP contribution in [0.2, 0.25) is 5.02 Å². The predicted octanol–water partition coefficient (Wildman–Crippen LogP) is 3.31. The van der Waals surface area contributed by atoms with Gasteiger partial charge in [0.15, 0.2) is 5.17 Å². The maximum Gasteiger partial charge on any atom is 0.266 e. The highest BCUT2D eigenvalue weighted by Gasteiger charge is 2.30. The Morgan fingerprint density at radius 2 is 2.18 bits per heavy atom. The quantitative estimate of drug-likeness (QED) is 0.793. The molecule has 1 fully saturated rings. The van der Waals surface area contributed by atoms with Gasteiger partial charge in [0.05, 0.1) is 15.6 Å². The number of carbonyl (C=O) groups excluding carboxylic acids is 1. The number of amidine groups is 1. The summed E-state index contributed by atoms with van der Waals surface area (Å²) in [5.74, 6) is -0.0740. The van der Waals surface area contributed by atoms with Crippen molar-refractivity contribution >= 4 is 46.2 Å². The Morgan fingerprint density at radius 3 is 2.86 bits per heavy atom. The third kappa shape index (κ3) is 2.80. The normalized spacial score (nSPS) is 18.7. The van der Waals surface area contributed by atoms with Gasteiger partial charge in [0, 0.05) is 38.4 Å². The average molecular weight is 333 g/mol. The number of likely N-dealkylation sites (N-methyl/N-ethyl adjacent to an activating group) is 1. The molecule has 1 saturated heterocycles. The number of halogens is 1. The summed E-state index contributed by atoms with van der Waals surface area (Å²) in [5, 5.41) is 1.05. The van der Waals surface area contributed by atoms with E-state index in [0.717, 1.165) is 5.69 Å². The molecule has 1 amide bonds. The topological polar surface area (TPSA) is 50.5 Å². The van der Waals surface area contributed by atoms with Crippen molar-refractivity contribution in [3.63, 3.8) is 0 Å². The summed E-state index contributed by atoms with van der Waals surface area (Å²) in [4.78, 5) is 22.9. The van der Waals surface area contributed by atoms with Crippen LogP contribution in [0.1, 0.15) is 5.69 Å². The summed E-state index contributed by atoms with van der Waals surface area (Å²) in [6, 6.07) is 5.61. The highest BCUT2D eigenvalue weighted by Crippen LogP contribution is 2.34. The molecule has 22 heavy (non-hydrogen) atoms. The Labute approximate surface area is 137 Å². The molecule has 0 unspecified atom stereocenters. The van der Waals surface area contributed by atoms with Crippen LogP contribution >= 0.6 is 23.4 Å². The van der Waals surface area contributed by atoms with Gasteiger partial charge >= 0.3 is 0 Å². The first kappa shape index (κ1) is 14.9. The summed E-state index contributed by atoms with van der Waals surface area (Å²) in [6.07, 6.45) is 6.95. The molecule has 0 aliphatic carbocycles. The van der Waals surface area contributed by atoms with Crippen LogP contribution in [0.4, 0.5) is 5.69 Å². The molecule has 0 atom stereocenters. The largest absolute Gasteiger partial charge is 0.351 e. The number of amides is 1. The number of pyridine rings is 1. The molecule has 1 aliphatic heterocycles. The first-order valence-corrected chi connectivity index (χ1v) is 7.73. The SMILES string of the molecule is CN1C(=O)/C(=C\c2cccn2C)SC1=Nc1ccncc1Cl. The number of nitrogens with zero attached hydrogens (tertiary/aromatic N) is 4. The molecule has 112 valence electrons. The molecule has 0 bridgehead atoms.